The van der Waals surface area contributed by atoms with Gasteiger partial charge in [-0.15, -0.1) is 0 Å². The molecule has 0 atom stereocenters. The summed E-state index contributed by atoms with van der Waals surface area (Å²) in [6.45, 7) is 2.27. The lowest BCUT2D eigenvalue weighted by Crippen LogP contribution is -2.05. The number of nitro groups is 1. The Balaban J connectivity index is 2.27. The van der Waals surface area contributed by atoms with Crippen molar-refractivity contribution >= 4 is 34.0 Å². The molecular weight excluding hydrogens is 376 g/mol. The summed E-state index contributed by atoms with van der Waals surface area (Å²) in [6.07, 6.45) is 3.35. The molecule has 0 bridgehead atoms. The van der Waals surface area contributed by atoms with Gasteiger partial charge in [-0.1, -0.05) is 0 Å². The molecule has 0 saturated carbocycles. The standard InChI is InChI=1S/C13H11FIN3O2/c1-8-6-16-3-2-9(8)7-17-12-4-10(14)11(15)5-13(12)18(19)20/h2-6,17H,7H2,1H3. The molecule has 0 radical (unpaired) electrons. The fourth-order valence-corrected chi connectivity index (χ4v) is 2.17. The first kappa shape index (κ1) is 14.6. The molecule has 5 nitrogen and oxygen atoms in total. The second-order valence-corrected chi connectivity index (χ2v) is 5.36. The van der Waals surface area contributed by atoms with Gasteiger partial charge in [0.05, 0.1) is 8.49 Å². The Labute approximate surface area is 128 Å². The molecule has 2 rings (SSSR count). The summed E-state index contributed by atoms with van der Waals surface area (Å²) in [4.78, 5) is 14.4. The lowest BCUT2D eigenvalue weighted by Gasteiger charge is -2.09. The summed E-state index contributed by atoms with van der Waals surface area (Å²) in [7, 11) is 0. The van der Waals surface area contributed by atoms with Crippen LogP contribution >= 0.6 is 22.6 Å². The van der Waals surface area contributed by atoms with E-state index in [-0.39, 0.29) is 14.9 Å². The van der Waals surface area contributed by atoms with Gasteiger partial charge in [-0.05, 0) is 46.7 Å². The van der Waals surface area contributed by atoms with Gasteiger partial charge in [-0.2, -0.15) is 0 Å². The Morgan fingerprint density at radius 1 is 1.50 bits per heavy atom. The molecule has 104 valence electrons. The van der Waals surface area contributed by atoms with Crippen LogP contribution in [0.4, 0.5) is 15.8 Å². The zero-order valence-corrected chi connectivity index (χ0v) is 12.7. The number of rotatable bonds is 4. The molecule has 0 fully saturated rings. The predicted octanol–water partition coefficient (Wildman–Crippen LogP) is 3.65. The molecule has 0 saturated heterocycles. The summed E-state index contributed by atoms with van der Waals surface area (Å²) in [5, 5.41) is 13.9. The van der Waals surface area contributed by atoms with Gasteiger partial charge in [-0.3, -0.25) is 15.1 Å². The smallest absolute Gasteiger partial charge is 0.293 e. The molecule has 0 unspecified atom stereocenters. The second kappa shape index (κ2) is 6.12. The van der Waals surface area contributed by atoms with Crippen molar-refractivity contribution in [3.63, 3.8) is 0 Å². The third-order valence-corrected chi connectivity index (χ3v) is 3.67. The van der Waals surface area contributed by atoms with Gasteiger partial charge in [0.2, 0.25) is 0 Å². The SMILES string of the molecule is Cc1cnccc1CNc1cc(F)c(I)cc1[N+](=O)[O-]. The first-order valence-electron chi connectivity index (χ1n) is 5.76. The molecule has 1 N–H and O–H groups in total. The summed E-state index contributed by atoms with van der Waals surface area (Å²) >= 11 is 1.73. The van der Waals surface area contributed by atoms with Crippen molar-refractivity contribution in [1.82, 2.24) is 4.98 Å². The number of benzene rings is 1. The van der Waals surface area contributed by atoms with E-state index in [1.54, 1.807) is 35.0 Å². The molecule has 2 aromatic rings. The number of nitro benzene ring substituents is 1. The summed E-state index contributed by atoms with van der Waals surface area (Å²) in [6, 6.07) is 4.19. The monoisotopic (exact) mass is 387 g/mol. The van der Waals surface area contributed by atoms with Gasteiger partial charge in [0.25, 0.3) is 5.69 Å². The highest BCUT2D eigenvalue weighted by atomic mass is 127. The van der Waals surface area contributed by atoms with Crippen molar-refractivity contribution in [3.8, 4) is 0 Å². The molecule has 0 spiro atoms. The number of aryl methyl sites for hydroxylation is 1. The Bertz CT molecular complexity index is 664. The van der Waals surface area contributed by atoms with Gasteiger partial charge in [-0.25, -0.2) is 4.39 Å². The highest BCUT2D eigenvalue weighted by molar-refractivity contribution is 14.1. The number of halogens is 2. The molecule has 20 heavy (non-hydrogen) atoms. The second-order valence-electron chi connectivity index (χ2n) is 4.20. The maximum absolute atomic E-state index is 13.5. The zero-order valence-electron chi connectivity index (χ0n) is 10.6. The van der Waals surface area contributed by atoms with Gasteiger partial charge >= 0.3 is 0 Å². The normalized spacial score (nSPS) is 10.3. The van der Waals surface area contributed by atoms with Crippen LogP contribution < -0.4 is 5.32 Å². The van der Waals surface area contributed by atoms with E-state index >= 15 is 0 Å². The molecule has 1 aromatic carbocycles. The Hall–Kier alpha value is -1.77. The van der Waals surface area contributed by atoms with Crippen molar-refractivity contribution in [3.05, 3.63) is 61.2 Å². The van der Waals surface area contributed by atoms with Crippen LogP contribution in [0.3, 0.4) is 0 Å². The van der Waals surface area contributed by atoms with E-state index in [9.17, 15) is 14.5 Å². The Morgan fingerprint density at radius 2 is 2.25 bits per heavy atom. The van der Waals surface area contributed by atoms with Crippen molar-refractivity contribution in [2.24, 2.45) is 0 Å². The van der Waals surface area contributed by atoms with E-state index in [0.29, 0.717) is 6.54 Å². The van der Waals surface area contributed by atoms with Gasteiger partial charge in [0.1, 0.15) is 11.5 Å². The molecule has 0 aliphatic heterocycles. The van der Waals surface area contributed by atoms with Crippen LogP contribution in [0.15, 0.2) is 30.6 Å². The summed E-state index contributed by atoms with van der Waals surface area (Å²) in [5.74, 6) is -0.481. The van der Waals surface area contributed by atoms with E-state index in [1.807, 2.05) is 13.0 Å². The van der Waals surface area contributed by atoms with Crippen LogP contribution in [-0.4, -0.2) is 9.91 Å². The molecular formula is C13H11FIN3O2. The lowest BCUT2D eigenvalue weighted by molar-refractivity contribution is -0.384. The number of hydrogen-bond donors (Lipinski definition) is 1. The number of anilines is 1. The molecule has 0 aliphatic carbocycles. The predicted molar refractivity (Wildman–Crippen MR) is 82.1 cm³/mol. The van der Waals surface area contributed by atoms with Crippen molar-refractivity contribution in [1.29, 1.82) is 0 Å². The number of nitrogens with zero attached hydrogens (tertiary/aromatic N) is 2. The van der Waals surface area contributed by atoms with E-state index < -0.39 is 10.7 Å². The van der Waals surface area contributed by atoms with E-state index in [1.165, 1.54) is 6.07 Å². The molecule has 1 heterocycles. The highest BCUT2D eigenvalue weighted by Gasteiger charge is 2.17. The summed E-state index contributed by atoms with van der Waals surface area (Å²) < 4.78 is 13.8. The first-order valence-corrected chi connectivity index (χ1v) is 6.83. The van der Waals surface area contributed by atoms with Crippen molar-refractivity contribution in [2.45, 2.75) is 13.5 Å². The van der Waals surface area contributed by atoms with Crippen LogP contribution in [-0.2, 0) is 6.54 Å². The van der Waals surface area contributed by atoms with Gasteiger partial charge < -0.3 is 5.32 Å². The number of hydrogen-bond acceptors (Lipinski definition) is 4. The van der Waals surface area contributed by atoms with Crippen LogP contribution in [0.25, 0.3) is 0 Å². The van der Waals surface area contributed by atoms with Crippen LogP contribution in [0.1, 0.15) is 11.1 Å². The fraction of sp³-hybridized carbons (Fsp3) is 0.154. The van der Waals surface area contributed by atoms with Crippen LogP contribution in [0, 0.1) is 26.4 Å². The van der Waals surface area contributed by atoms with E-state index in [4.69, 9.17) is 0 Å². The van der Waals surface area contributed by atoms with Gasteiger partial charge in [0, 0.05) is 31.1 Å². The fourth-order valence-electron chi connectivity index (χ4n) is 1.72. The average Bonchev–Trinajstić information content (AvgIpc) is 2.41. The minimum atomic E-state index is -0.524. The average molecular weight is 387 g/mol. The maximum Gasteiger partial charge on any atom is 0.293 e. The molecule has 1 aromatic heterocycles. The number of nitrogens with one attached hydrogen (secondary N) is 1. The van der Waals surface area contributed by atoms with Crippen molar-refractivity contribution < 1.29 is 9.31 Å². The van der Waals surface area contributed by atoms with E-state index in [0.717, 1.165) is 17.2 Å². The molecule has 0 aliphatic rings. The third kappa shape index (κ3) is 3.21. The number of aromatic nitrogens is 1. The van der Waals surface area contributed by atoms with Crippen LogP contribution in [0.2, 0.25) is 0 Å². The third-order valence-electron chi connectivity index (χ3n) is 2.84. The van der Waals surface area contributed by atoms with Crippen molar-refractivity contribution in [2.75, 3.05) is 5.32 Å². The topological polar surface area (TPSA) is 68.1 Å². The molecule has 0 amide bonds. The summed E-state index contributed by atoms with van der Waals surface area (Å²) in [5.41, 5.74) is 1.95. The largest absolute Gasteiger partial charge is 0.375 e. The highest BCUT2D eigenvalue weighted by Crippen LogP contribution is 2.29. The van der Waals surface area contributed by atoms with Gasteiger partial charge in [0.15, 0.2) is 0 Å². The Morgan fingerprint density at radius 3 is 2.90 bits per heavy atom. The van der Waals surface area contributed by atoms with Crippen LogP contribution in [0.5, 0.6) is 0 Å². The minimum Gasteiger partial charge on any atom is -0.375 e. The minimum absolute atomic E-state index is 0.137. The lowest BCUT2D eigenvalue weighted by atomic mass is 10.1. The number of pyridine rings is 1. The molecule has 7 heteroatoms. The quantitative estimate of drug-likeness (QED) is 0.494. The van der Waals surface area contributed by atoms with E-state index in [2.05, 4.69) is 10.3 Å². The zero-order chi connectivity index (χ0) is 14.7. The Kier molecular flexibility index (Phi) is 4.48. The maximum atomic E-state index is 13.5. The first-order chi connectivity index (χ1) is 9.49.